The van der Waals surface area contributed by atoms with E-state index in [1.54, 1.807) is 0 Å². The van der Waals surface area contributed by atoms with Gasteiger partial charge >= 0.3 is 0 Å². The Morgan fingerprint density at radius 2 is 1.84 bits per heavy atom. The molecule has 2 rings (SSSR count). The fourth-order valence-corrected chi connectivity index (χ4v) is 2.73. The predicted octanol–water partition coefficient (Wildman–Crippen LogP) is 3.40. The number of likely N-dealkylation sites (tertiary alicyclic amines) is 1. The first-order chi connectivity index (χ1) is 9.19. The summed E-state index contributed by atoms with van der Waals surface area (Å²) in [5.41, 5.74) is 2.39. The summed E-state index contributed by atoms with van der Waals surface area (Å²) in [6.07, 6.45) is 4.20. The third-order valence-electron chi connectivity index (χ3n) is 4.37. The summed E-state index contributed by atoms with van der Waals surface area (Å²) in [5.74, 6) is 0.878. The van der Waals surface area contributed by atoms with Gasteiger partial charge in [0.2, 0.25) is 0 Å². The van der Waals surface area contributed by atoms with Gasteiger partial charge in [0.25, 0.3) is 0 Å². The largest absolute Gasteiger partial charge is 0.388 e. The lowest BCUT2D eigenvalue weighted by molar-refractivity contribution is 0.125. The second-order valence-electron chi connectivity index (χ2n) is 5.92. The van der Waals surface area contributed by atoms with Crippen LogP contribution in [0.4, 0.5) is 0 Å². The monoisotopic (exact) mass is 261 g/mol. The maximum absolute atomic E-state index is 10.2. The lowest BCUT2D eigenvalue weighted by atomic mass is 9.98. The van der Waals surface area contributed by atoms with Crippen LogP contribution in [-0.2, 0) is 6.42 Å². The molecule has 1 aliphatic rings. The summed E-state index contributed by atoms with van der Waals surface area (Å²) in [7, 11) is 0. The van der Waals surface area contributed by atoms with Crippen molar-refractivity contribution in [3.63, 3.8) is 0 Å². The molecule has 1 atom stereocenters. The van der Waals surface area contributed by atoms with E-state index >= 15 is 0 Å². The number of aliphatic hydroxyl groups excluding tert-OH is 1. The predicted molar refractivity (Wildman–Crippen MR) is 80.2 cm³/mol. The Hall–Kier alpha value is -0.860. The standard InChI is InChI=1S/C17H27NO/c1-3-15-4-6-16(7-5-15)17(19)10-13-18-11-8-14(2)9-12-18/h4-7,14,17,19H,3,8-13H2,1-2H3. The van der Waals surface area contributed by atoms with E-state index in [4.69, 9.17) is 0 Å². The van der Waals surface area contributed by atoms with Crippen molar-refractivity contribution in [3.8, 4) is 0 Å². The molecular weight excluding hydrogens is 234 g/mol. The lowest BCUT2D eigenvalue weighted by Crippen LogP contribution is -2.34. The third kappa shape index (κ3) is 4.32. The van der Waals surface area contributed by atoms with Crippen molar-refractivity contribution >= 4 is 0 Å². The molecule has 0 bridgehead atoms. The Balaban J connectivity index is 1.78. The summed E-state index contributed by atoms with van der Waals surface area (Å²) in [5, 5.41) is 10.2. The fourth-order valence-electron chi connectivity index (χ4n) is 2.73. The summed E-state index contributed by atoms with van der Waals surface area (Å²) in [6, 6.07) is 8.39. The molecule has 0 radical (unpaired) electrons. The first kappa shape index (κ1) is 14.5. The number of hydrogen-bond donors (Lipinski definition) is 1. The molecule has 1 heterocycles. The van der Waals surface area contributed by atoms with Gasteiger partial charge < -0.3 is 10.0 Å². The molecule has 1 unspecified atom stereocenters. The van der Waals surface area contributed by atoms with Gasteiger partial charge in [-0.1, -0.05) is 38.1 Å². The highest BCUT2D eigenvalue weighted by Gasteiger charge is 2.16. The van der Waals surface area contributed by atoms with Crippen LogP contribution >= 0.6 is 0 Å². The lowest BCUT2D eigenvalue weighted by Gasteiger charge is -2.30. The van der Waals surface area contributed by atoms with Crippen molar-refractivity contribution < 1.29 is 5.11 Å². The molecular formula is C17H27NO. The number of aryl methyl sites for hydroxylation is 1. The number of aliphatic hydroxyl groups is 1. The number of rotatable bonds is 5. The summed E-state index contributed by atoms with van der Waals surface area (Å²) in [4.78, 5) is 2.49. The minimum absolute atomic E-state index is 0.315. The van der Waals surface area contributed by atoms with Gasteiger partial charge in [-0.3, -0.25) is 0 Å². The molecule has 0 aliphatic carbocycles. The van der Waals surface area contributed by atoms with Crippen molar-refractivity contribution in [3.05, 3.63) is 35.4 Å². The van der Waals surface area contributed by atoms with Crippen LogP contribution in [0.3, 0.4) is 0 Å². The summed E-state index contributed by atoms with van der Waals surface area (Å²) in [6.45, 7) is 7.90. The molecule has 1 aromatic carbocycles. The van der Waals surface area contributed by atoms with Gasteiger partial charge in [0.05, 0.1) is 6.10 Å². The fraction of sp³-hybridized carbons (Fsp3) is 0.647. The van der Waals surface area contributed by atoms with Gasteiger partial charge in [0, 0.05) is 6.54 Å². The molecule has 1 saturated heterocycles. The Morgan fingerprint density at radius 1 is 1.21 bits per heavy atom. The number of hydrogen-bond acceptors (Lipinski definition) is 2. The van der Waals surface area contributed by atoms with Crippen LogP contribution in [0.1, 0.15) is 50.3 Å². The molecule has 2 nitrogen and oxygen atoms in total. The third-order valence-corrected chi connectivity index (χ3v) is 4.37. The first-order valence-electron chi connectivity index (χ1n) is 7.68. The highest BCUT2D eigenvalue weighted by molar-refractivity contribution is 5.24. The summed E-state index contributed by atoms with van der Waals surface area (Å²) >= 11 is 0. The zero-order chi connectivity index (χ0) is 13.7. The van der Waals surface area contributed by atoms with Crippen molar-refractivity contribution in [2.75, 3.05) is 19.6 Å². The van der Waals surface area contributed by atoms with Crippen molar-refractivity contribution in [2.24, 2.45) is 5.92 Å². The minimum Gasteiger partial charge on any atom is -0.388 e. The normalized spacial score (nSPS) is 19.5. The van der Waals surface area contributed by atoms with E-state index in [9.17, 15) is 5.11 Å². The molecule has 1 fully saturated rings. The molecule has 1 N–H and O–H groups in total. The quantitative estimate of drug-likeness (QED) is 0.878. The average Bonchev–Trinajstić information content (AvgIpc) is 2.46. The number of benzene rings is 1. The van der Waals surface area contributed by atoms with E-state index in [0.717, 1.165) is 30.9 Å². The van der Waals surface area contributed by atoms with Gasteiger partial charge in [-0.2, -0.15) is 0 Å². The molecule has 0 saturated carbocycles. The maximum Gasteiger partial charge on any atom is 0.0802 e. The zero-order valence-corrected chi connectivity index (χ0v) is 12.3. The molecule has 0 aromatic heterocycles. The zero-order valence-electron chi connectivity index (χ0n) is 12.3. The van der Waals surface area contributed by atoms with Crippen LogP contribution in [0.5, 0.6) is 0 Å². The van der Waals surface area contributed by atoms with Crippen LogP contribution in [0.15, 0.2) is 24.3 Å². The molecule has 106 valence electrons. The van der Waals surface area contributed by atoms with Gasteiger partial charge in [-0.15, -0.1) is 0 Å². The number of piperidine rings is 1. The van der Waals surface area contributed by atoms with Gasteiger partial charge in [-0.25, -0.2) is 0 Å². The van der Waals surface area contributed by atoms with Crippen LogP contribution in [0.2, 0.25) is 0 Å². The van der Waals surface area contributed by atoms with E-state index in [1.165, 1.54) is 31.5 Å². The van der Waals surface area contributed by atoms with E-state index in [0.29, 0.717) is 0 Å². The first-order valence-corrected chi connectivity index (χ1v) is 7.68. The van der Waals surface area contributed by atoms with E-state index in [-0.39, 0.29) is 6.10 Å². The number of nitrogens with zero attached hydrogens (tertiary/aromatic N) is 1. The van der Waals surface area contributed by atoms with Gasteiger partial charge in [0.15, 0.2) is 0 Å². The second kappa shape index (κ2) is 7.06. The summed E-state index contributed by atoms with van der Waals surface area (Å²) < 4.78 is 0. The minimum atomic E-state index is -0.315. The molecule has 1 aromatic rings. The molecule has 19 heavy (non-hydrogen) atoms. The van der Waals surface area contributed by atoms with E-state index < -0.39 is 0 Å². The van der Waals surface area contributed by atoms with Crippen molar-refractivity contribution in [1.29, 1.82) is 0 Å². The second-order valence-corrected chi connectivity index (χ2v) is 5.92. The Morgan fingerprint density at radius 3 is 2.42 bits per heavy atom. The Kier molecular flexibility index (Phi) is 5.41. The van der Waals surface area contributed by atoms with Gasteiger partial charge in [-0.05, 0) is 55.8 Å². The van der Waals surface area contributed by atoms with Crippen LogP contribution < -0.4 is 0 Å². The SMILES string of the molecule is CCc1ccc(C(O)CCN2CCC(C)CC2)cc1. The topological polar surface area (TPSA) is 23.5 Å². The highest BCUT2D eigenvalue weighted by Crippen LogP contribution is 2.20. The Bertz CT molecular complexity index is 365. The highest BCUT2D eigenvalue weighted by atomic mass is 16.3. The smallest absolute Gasteiger partial charge is 0.0802 e. The maximum atomic E-state index is 10.2. The van der Waals surface area contributed by atoms with Crippen molar-refractivity contribution in [1.82, 2.24) is 4.90 Å². The Labute approximate surface area is 117 Å². The molecule has 1 aliphatic heterocycles. The molecule has 0 amide bonds. The van der Waals surface area contributed by atoms with E-state index in [2.05, 4.69) is 43.0 Å². The molecule has 2 heteroatoms. The van der Waals surface area contributed by atoms with E-state index in [1.807, 2.05) is 0 Å². The van der Waals surface area contributed by atoms with Crippen LogP contribution in [-0.4, -0.2) is 29.6 Å². The van der Waals surface area contributed by atoms with Crippen LogP contribution in [0.25, 0.3) is 0 Å². The van der Waals surface area contributed by atoms with Crippen molar-refractivity contribution in [2.45, 2.75) is 45.6 Å². The van der Waals surface area contributed by atoms with Crippen LogP contribution in [0, 0.1) is 5.92 Å². The average molecular weight is 261 g/mol. The van der Waals surface area contributed by atoms with Gasteiger partial charge in [0.1, 0.15) is 0 Å². The molecule has 0 spiro atoms.